The fourth-order valence-electron chi connectivity index (χ4n) is 3.94. The number of aromatic nitrogens is 1. The van der Waals surface area contributed by atoms with E-state index in [1.54, 1.807) is 18.2 Å². The van der Waals surface area contributed by atoms with Crippen LogP contribution in [0.5, 0.6) is 5.75 Å². The summed E-state index contributed by atoms with van der Waals surface area (Å²) in [6, 6.07) is 14.5. The Morgan fingerprint density at radius 1 is 1.21 bits per heavy atom. The third-order valence-electron chi connectivity index (χ3n) is 5.14. The Balaban J connectivity index is 1.62. The number of nitrogens with zero attached hydrogens (tertiary/aromatic N) is 2. The van der Waals surface area contributed by atoms with E-state index in [9.17, 15) is 8.42 Å². The molecule has 0 spiro atoms. The second-order valence-corrected chi connectivity index (χ2v) is 8.69. The van der Waals surface area contributed by atoms with Crippen LogP contribution in [0.15, 0.2) is 53.6 Å². The highest BCUT2D eigenvalue weighted by atomic mass is 32.2. The van der Waals surface area contributed by atoms with Gasteiger partial charge in [-0.3, -0.25) is 0 Å². The van der Waals surface area contributed by atoms with Gasteiger partial charge in [-0.2, -0.15) is 5.26 Å². The lowest BCUT2D eigenvalue weighted by atomic mass is 9.90. The summed E-state index contributed by atoms with van der Waals surface area (Å²) in [7, 11) is -2.14. The summed E-state index contributed by atoms with van der Waals surface area (Å²) in [6.07, 6.45) is 3.75. The van der Waals surface area contributed by atoms with Crippen LogP contribution in [0.4, 0.5) is 0 Å². The van der Waals surface area contributed by atoms with Gasteiger partial charge < -0.3 is 9.30 Å². The zero-order valence-electron chi connectivity index (χ0n) is 15.6. The fraction of sp³-hybridized carbons (Fsp3) is 0.286. The fourth-order valence-corrected chi connectivity index (χ4v) is 5.21. The van der Waals surface area contributed by atoms with Crippen LogP contribution in [-0.2, 0) is 29.4 Å². The number of sulfonamides is 1. The maximum absolute atomic E-state index is 12.9. The van der Waals surface area contributed by atoms with Crippen molar-refractivity contribution in [2.24, 2.45) is 0 Å². The Hall–Kier alpha value is -2.82. The summed E-state index contributed by atoms with van der Waals surface area (Å²) in [5, 5.41) is 10.1. The van der Waals surface area contributed by atoms with E-state index in [0.29, 0.717) is 31.6 Å². The van der Waals surface area contributed by atoms with E-state index in [1.165, 1.54) is 18.6 Å². The molecule has 0 amide bonds. The van der Waals surface area contributed by atoms with Gasteiger partial charge in [0, 0.05) is 35.8 Å². The van der Waals surface area contributed by atoms with Crippen molar-refractivity contribution >= 4 is 20.9 Å². The van der Waals surface area contributed by atoms with E-state index in [1.807, 2.05) is 12.1 Å². The van der Waals surface area contributed by atoms with Crippen LogP contribution < -0.4 is 9.46 Å². The molecule has 1 N–H and O–H groups in total. The molecule has 6 nitrogen and oxygen atoms in total. The van der Waals surface area contributed by atoms with E-state index >= 15 is 0 Å². The van der Waals surface area contributed by atoms with Crippen molar-refractivity contribution in [3.63, 3.8) is 0 Å². The third-order valence-corrected chi connectivity index (χ3v) is 6.66. The molecule has 0 fully saturated rings. The normalized spacial score (nSPS) is 16.1. The average molecular weight is 395 g/mol. The predicted octanol–water partition coefficient (Wildman–Crippen LogP) is 3.01. The molecule has 0 bridgehead atoms. The molecule has 1 unspecified atom stereocenters. The minimum atomic E-state index is -3.65. The van der Waals surface area contributed by atoms with Crippen molar-refractivity contribution in [1.29, 1.82) is 5.26 Å². The van der Waals surface area contributed by atoms with E-state index in [4.69, 9.17) is 10.00 Å². The molecule has 4 rings (SSSR count). The van der Waals surface area contributed by atoms with Crippen molar-refractivity contribution in [2.75, 3.05) is 7.11 Å². The van der Waals surface area contributed by atoms with E-state index in [-0.39, 0.29) is 10.9 Å². The second kappa shape index (κ2) is 7.30. The van der Waals surface area contributed by atoms with Crippen LogP contribution in [0.2, 0.25) is 0 Å². The first-order valence-corrected chi connectivity index (χ1v) is 10.6. The second-order valence-electron chi connectivity index (χ2n) is 6.97. The summed E-state index contributed by atoms with van der Waals surface area (Å²) in [4.78, 5) is 0.197. The van der Waals surface area contributed by atoms with Gasteiger partial charge in [0.25, 0.3) is 0 Å². The number of hydrogen-bond donors (Lipinski definition) is 1. The molecule has 1 heterocycles. The van der Waals surface area contributed by atoms with Gasteiger partial charge >= 0.3 is 0 Å². The highest BCUT2D eigenvalue weighted by Gasteiger charge is 2.27. The minimum absolute atomic E-state index is 0.197. The van der Waals surface area contributed by atoms with Crippen LogP contribution in [-0.4, -0.2) is 26.1 Å². The molecule has 144 valence electrons. The Kier molecular flexibility index (Phi) is 4.84. The number of methoxy groups -OCH3 is 1. The van der Waals surface area contributed by atoms with Gasteiger partial charge in [-0.05, 0) is 42.2 Å². The van der Waals surface area contributed by atoms with Crippen molar-refractivity contribution in [3.8, 4) is 11.8 Å². The van der Waals surface area contributed by atoms with Gasteiger partial charge in [0.2, 0.25) is 10.0 Å². The molecule has 0 radical (unpaired) electrons. The topological polar surface area (TPSA) is 84.1 Å². The first-order chi connectivity index (χ1) is 13.5. The van der Waals surface area contributed by atoms with Crippen molar-refractivity contribution < 1.29 is 13.2 Å². The molecule has 1 atom stereocenters. The number of benzene rings is 2. The number of ether oxygens (including phenoxy) is 1. The number of rotatable bonds is 6. The molecule has 0 aliphatic heterocycles. The lowest BCUT2D eigenvalue weighted by Gasteiger charge is -2.23. The molecular weight excluding hydrogens is 374 g/mol. The Labute approximate surface area is 164 Å². The number of nitriles is 1. The summed E-state index contributed by atoms with van der Waals surface area (Å²) < 4.78 is 35.8. The van der Waals surface area contributed by atoms with Crippen LogP contribution in [0.25, 0.3) is 10.9 Å². The molecule has 3 aromatic rings. The maximum Gasteiger partial charge on any atom is 0.240 e. The zero-order valence-corrected chi connectivity index (χ0v) is 16.4. The number of nitrogens with one attached hydrogen (secondary N) is 1. The zero-order chi connectivity index (χ0) is 19.7. The summed E-state index contributed by atoms with van der Waals surface area (Å²) in [5.41, 5.74) is 3.36. The maximum atomic E-state index is 12.9. The van der Waals surface area contributed by atoms with Gasteiger partial charge in [0.05, 0.1) is 24.5 Å². The molecule has 1 aromatic heterocycles. The first-order valence-electron chi connectivity index (χ1n) is 9.15. The standard InChI is InChI=1S/C21H21N3O3S/c1-27-18-6-3-7-19(13-18)28(25,26)23-17-11-15-5-2-8-20-21(15)16(12-17)14-24(20)10-4-9-22/h2-3,5-8,13-14,17,23H,4,10-12H2,1H3. The van der Waals surface area contributed by atoms with Gasteiger partial charge in [0.1, 0.15) is 5.75 Å². The Morgan fingerprint density at radius 3 is 2.79 bits per heavy atom. The molecular formula is C21H21N3O3S. The average Bonchev–Trinajstić information content (AvgIpc) is 3.05. The predicted molar refractivity (Wildman–Crippen MR) is 107 cm³/mol. The largest absolute Gasteiger partial charge is 0.497 e. The highest BCUT2D eigenvalue weighted by Crippen LogP contribution is 2.32. The molecule has 2 aromatic carbocycles. The van der Waals surface area contributed by atoms with Crippen molar-refractivity contribution in [2.45, 2.75) is 36.7 Å². The number of hydrogen-bond acceptors (Lipinski definition) is 4. The van der Waals surface area contributed by atoms with Gasteiger partial charge in [-0.1, -0.05) is 18.2 Å². The summed E-state index contributed by atoms with van der Waals surface area (Å²) >= 11 is 0. The molecule has 1 aliphatic carbocycles. The quantitative estimate of drug-likeness (QED) is 0.695. The van der Waals surface area contributed by atoms with Crippen molar-refractivity contribution in [1.82, 2.24) is 9.29 Å². The molecule has 1 aliphatic rings. The van der Waals surface area contributed by atoms with Crippen LogP contribution in [0.3, 0.4) is 0 Å². The van der Waals surface area contributed by atoms with Crippen LogP contribution in [0.1, 0.15) is 17.5 Å². The first kappa shape index (κ1) is 18.5. The van der Waals surface area contributed by atoms with E-state index in [2.05, 4.69) is 27.6 Å². The van der Waals surface area contributed by atoms with E-state index < -0.39 is 10.0 Å². The highest BCUT2D eigenvalue weighted by molar-refractivity contribution is 7.89. The number of aryl methyl sites for hydroxylation is 1. The van der Waals surface area contributed by atoms with Gasteiger partial charge in [-0.25, -0.2) is 13.1 Å². The van der Waals surface area contributed by atoms with Gasteiger partial charge in [-0.15, -0.1) is 0 Å². The smallest absolute Gasteiger partial charge is 0.240 e. The molecule has 7 heteroatoms. The van der Waals surface area contributed by atoms with Crippen LogP contribution in [0, 0.1) is 11.3 Å². The third kappa shape index (κ3) is 3.37. The van der Waals surface area contributed by atoms with Gasteiger partial charge in [0.15, 0.2) is 0 Å². The van der Waals surface area contributed by atoms with Crippen LogP contribution >= 0.6 is 0 Å². The molecule has 0 saturated carbocycles. The monoisotopic (exact) mass is 395 g/mol. The molecule has 0 saturated heterocycles. The lowest BCUT2D eigenvalue weighted by molar-refractivity contribution is 0.413. The Morgan fingerprint density at radius 2 is 2.00 bits per heavy atom. The summed E-state index contributed by atoms with van der Waals surface area (Å²) in [5.74, 6) is 0.508. The SMILES string of the molecule is COc1cccc(S(=O)(=O)NC2Cc3cccc4c3c(cn4CCC#N)C2)c1. The van der Waals surface area contributed by atoms with Crippen molar-refractivity contribution in [3.05, 3.63) is 59.8 Å². The van der Waals surface area contributed by atoms with E-state index in [0.717, 1.165) is 16.6 Å². The Bertz CT molecular complexity index is 1180. The lowest BCUT2D eigenvalue weighted by Crippen LogP contribution is -2.39. The summed E-state index contributed by atoms with van der Waals surface area (Å²) in [6.45, 7) is 0.636. The minimum Gasteiger partial charge on any atom is -0.497 e. The molecule has 28 heavy (non-hydrogen) atoms.